The number of carbonyl (C=O) groups is 1. The fourth-order valence-corrected chi connectivity index (χ4v) is 3.74. The number of pyridine rings is 1. The van der Waals surface area contributed by atoms with E-state index in [0.29, 0.717) is 11.0 Å². The lowest BCUT2D eigenvalue weighted by Gasteiger charge is -2.54. The quantitative estimate of drug-likeness (QED) is 0.789. The Morgan fingerprint density at radius 1 is 1.44 bits per heavy atom. The van der Waals surface area contributed by atoms with Crippen LogP contribution in [0.15, 0.2) is 18.3 Å². The molecule has 1 heterocycles. The predicted octanol–water partition coefficient (Wildman–Crippen LogP) is 3.00. The van der Waals surface area contributed by atoms with Gasteiger partial charge in [0.1, 0.15) is 0 Å². The Morgan fingerprint density at radius 2 is 2.20 bits per heavy atom. The molecule has 1 spiro atoms. The molecule has 1 aromatic heterocycles. The fourth-order valence-electron chi connectivity index (χ4n) is 3.74. The molecule has 2 aliphatic rings. The summed E-state index contributed by atoms with van der Waals surface area (Å²) in [5, 5.41) is 5.80. The normalized spacial score (nSPS) is 19.8. The zero-order valence-corrected chi connectivity index (χ0v) is 14.1. The summed E-state index contributed by atoms with van der Waals surface area (Å²) < 4.78 is 34.1. The van der Waals surface area contributed by atoms with Crippen LogP contribution >= 0.6 is 0 Å². The van der Waals surface area contributed by atoms with Crippen molar-refractivity contribution in [3.63, 3.8) is 0 Å². The van der Waals surface area contributed by atoms with Crippen molar-refractivity contribution in [1.82, 2.24) is 15.6 Å². The van der Waals surface area contributed by atoms with Crippen molar-refractivity contribution in [2.75, 3.05) is 13.7 Å². The Balaban J connectivity index is 1.56. The van der Waals surface area contributed by atoms with Crippen molar-refractivity contribution >= 4 is 6.03 Å². The number of carbonyl (C=O) groups excluding carboxylic acids is 1. The highest BCUT2D eigenvalue weighted by atomic mass is 19.3. The third kappa shape index (κ3) is 4.36. The minimum absolute atomic E-state index is 0.193. The van der Waals surface area contributed by atoms with Gasteiger partial charge in [0.2, 0.25) is 5.88 Å². The smallest absolute Gasteiger partial charge is 0.388 e. The van der Waals surface area contributed by atoms with E-state index in [4.69, 9.17) is 4.74 Å². The zero-order valence-electron chi connectivity index (χ0n) is 14.1. The molecular formula is C17H23F2N3O3. The molecule has 8 heteroatoms. The molecule has 25 heavy (non-hydrogen) atoms. The summed E-state index contributed by atoms with van der Waals surface area (Å²) >= 11 is 0. The third-order valence-corrected chi connectivity index (χ3v) is 5.12. The van der Waals surface area contributed by atoms with Crippen LogP contribution in [0.2, 0.25) is 0 Å². The Hall–Kier alpha value is -1.96. The van der Waals surface area contributed by atoms with E-state index in [-0.39, 0.29) is 24.6 Å². The van der Waals surface area contributed by atoms with Crippen LogP contribution in [0.5, 0.6) is 5.88 Å². The average molecular weight is 355 g/mol. The first-order valence-electron chi connectivity index (χ1n) is 8.46. The van der Waals surface area contributed by atoms with Crippen molar-refractivity contribution < 1.29 is 23.0 Å². The van der Waals surface area contributed by atoms with E-state index in [1.54, 1.807) is 6.07 Å². The Kier molecular flexibility index (Phi) is 5.36. The van der Waals surface area contributed by atoms with Crippen LogP contribution in [0.1, 0.15) is 43.7 Å². The van der Waals surface area contributed by atoms with Gasteiger partial charge < -0.3 is 20.1 Å². The van der Waals surface area contributed by atoms with E-state index >= 15 is 0 Å². The van der Waals surface area contributed by atoms with E-state index in [2.05, 4.69) is 20.4 Å². The molecule has 2 aliphatic carbocycles. The molecule has 1 atom stereocenters. The highest BCUT2D eigenvalue weighted by Crippen LogP contribution is 2.55. The first-order chi connectivity index (χ1) is 12.0. The molecule has 2 amide bonds. The van der Waals surface area contributed by atoms with Crippen LogP contribution in [0.25, 0.3) is 0 Å². The second kappa shape index (κ2) is 7.51. The summed E-state index contributed by atoms with van der Waals surface area (Å²) in [5.74, 6) is -0.193. The molecule has 0 aromatic carbocycles. The lowest BCUT2D eigenvalue weighted by atomic mass is 9.54. The number of rotatable bonds is 7. The number of hydrogen-bond donors (Lipinski definition) is 2. The molecule has 0 unspecified atom stereocenters. The maximum atomic E-state index is 12.3. The van der Waals surface area contributed by atoms with E-state index in [1.807, 2.05) is 0 Å². The number of nitrogens with zero attached hydrogens (tertiary/aromatic N) is 1. The third-order valence-electron chi connectivity index (χ3n) is 5.12. The first-order valence-corrected chi connectivity index (χ1v) is 8.46. The number of hydrogen-bond acceptors (Lipinski definition) is 4. The number of urea groups is 1. The molecule has 3 rings (SSSR count). The van der Waals surface area contributed by atoms with Crippen molar-refractivity contribution in [3.05, 3.63) is 23.9 Å². The van der Waals surface area contributed by atoms with Gasteiger partial charge in [-0.3, -0.25) is 0 Å². The van der Waals surface area contributed by atoms with Gasteiger partial charge in [-0.05, 0) is 42.7 Å². The van der Waals surface area contributed by atoms with Gasteiger partial charge in [0.05, 0.1) is 12.6 Å². The molecule has 0 radical (unpaired) electrons. The van der Waals surface area contributed by atoms with E-state index in [0.717, 1.165) is 12.8 Å². The zero-order chi connectivity index (χ0) is 17.9. The topological polar surface area (TPSA) is 72.5 Å². The van der Waals surface area contributed by atoms with Crippen molar-refractivity contribution in [2.45, 2.75) is 50.8 Å². The molecule has 138 valence electrons. The van der Waals surface area contributed by atoms with Crippen molar-refractivity contribution in [2.24, 2.45) is 5.41 Å². The lowest BCUT2D eigenvalue weighted by Crippen LogP contribution is -2.55. The van der Waals surface area contributed by atoms with Gasteiger partial charge in [0.15, 0.2) is 0 Å². The van der Waals surface area contributed by atoms with Gasteiger partial charge in [0.25, 0.3) is 0 Å². The average Bonchev–Trinajstić information content (AvgIpc) is 2.48. The van der Waals surface area contributed by atoms with E-state index < -0.39 is 12.7 Å². The monoisotopic (exact) mass is 355 g/mol. The van der Waals surface area contributed by atoms with Gasteiger partial charge >= 0.3 is 12.6 Å². The van der Waals surface area contributed by atoms with Gasteiger partial charge in [-0.15, -0.1) is 0 Å². The summed E-state index contributed by atoms with van der Waals surface area (Å²) in [6, 6.07) is 2.46. The number of aromatic nitrogens is 1. The van der Waals surface area contributed by atoms with Gasteiger partial charge in [-0.1, -0.05) is 6.42 Å². The summed E-state index contributed by atoms with van der Waals surface area (Å²) in [5.41, 5.74) is 1.07. The van der Waals surface area contributed by atoms with Gasteiger partial charge in [-0.2, -0.15) is 8.78 Å². The number of amides is 2. The Morgan fingerprint density at radius 3 is 2.80 bits per heavy atom. The molecular weight excluding hydrogens is 332 g/mol. The molecule has 2 saturated carbocycles. The summed E-state index contributed by atoms with van der Waals surface area (Å²) in [7, 11) is 1.51. The van der Waals surface area contributed by atoms with Crippen LogP contribution in [0.4, 0.5) is 13.6 Å². The number of halogens is 2. The minimum Gasteiger partial charge on any atom is -0.417 e. The van der Waals surface area contributed by atoms with Crippen LogP contribution in [0, 0.1) is 5.41 Å². The summed E-state index contributed by atoms with van der Waals surface area (Å²) in [6.45, 7) is -2.74. The standard InChI is InChI=1S/C17H23F2N3O3/c1-24-10-13(11-3-6-20-14(7-11)25-15(18)19)22-16(23)21-12-8-17(9-12)4-2-5-17/h3,6-7,12-13,15H,2,4-5,8-10H2,1H3,(H2,21,22,23)/t13-/m1/s1. The number of ether oxygens (including phenoxy) is 2. The minimum atomic E-state index is -2.95. The fraction of sp³-hybridized carbons (Fsp3) is 0.647. The second-order valence-electron chi connectivity index (χ2n) is 6.89. The van der Waals surface area contributed by atoms with Crippen LogP contribution in [-0.2, 0) is 4.74 Å². The van der Waals surface area contributed by atoms with Gasteiger partial charge in [-0.25, -0.2) is 9.78 Å². The summed E-state index contributed by atoms with van der Waals surface area (Å²) in [6.07, 6.45) is 7.27. The Bertz CT molecular complexity index is 603. The molecule has 6 nitrogen and oxygen atoms in total. The number of methoxy groups -OCH3 is 1. The number of nitrogens with one attached hydrogen (secondary N) is 2. The van der Waals surface area contributed by atoms with Crippen molar-refractivity contribution in [1.29, 1.82) is 0 Å². The predicted molar refractivity (Wildman–Crippen MR) is 86.5 cm³/mol. The molecule has 0 bridgehead atoms. The maximum Gasteiger partial charge on any atom is 0.388 e. The van der Waals surface area contributed by atoms with Gasteiger partial charge in [0, 0.05) is 25.4 Å². The first kappa shape index (κ1) is 17.8. The lowest BCUT2D eigenvalue weighted by molar-refractivity contribution is -0.0529. The highest BCUT2D eigenvalue weighted by Gasteiger charge is 2.48. The second-order valence-corrected chi connectivity index (χ2v) is 6.89. The highest BCUT2D eigenvalue weighted by molar-refractivity contribution is 5.75. The molecule has 0 aliphatic heterocycles. The number of alkyl halides is 2. The van der Waals surface area contributed by atoms with Crippen LogP contribution in [-0.4, -0.2) is 37.4 Å². The molecule has 0 saturated heterocycles. The largest absolute Gasteiger partial charge is 0.417 e. The van der Waals surface area contributed by atoms with Crippen LogP contribution in [0.3, 0.4) is 0 Å². The summed E-state index contributed by atoms with van der Waals surface area (Å²) in [4.78, 5) is 16.0. The Labute approximate surface area is 145 Å². The molecule has 2 fully saturated rings. The van der Waals surface area contributed by atoms with E-state index in [9.17, 15) is 13.6 Å². The van der Waals surface area contributed by atoms with Crippen molar-refractivity contribution in [3.8, 4) is 5.88 Å². The molecule has 2 N–H and O–H groups in total. The molecule has 1 aromatic rings. The maximum absolute atomic E-state index is 12.3. The van der Waals surface area contributed by atoms with E-state index in [1.165, 1.54) is 38.6 Å². The SMILES string of the molecule is COC[C@@H](NC(=O)NC1CC2(CCC2)C1)c1ccnc(OC(F)F)c1. The van der Waals surface area contributed by atoms with Crippen LogP contribution < -0.4 is 15.4 Å².